The number of nitrogens with two attached hydrogens (primary N) is 2. The van der Waals surface area contributed by atoms with Crippen LogP contribution in [0.1, 0.15) is 18.0 Å². The highest BCUT2D eigenvalue weighted by atomic mass is 35.5. The van der Waals surface area contributed by atoms with Crippen LogP contribution in [0.2, 0.25) is 5.02 Å². The van der Waals surface area contributed by atoms with Crippen LogP contribution in [0.15, 0.2) is 12.1 Å². The Kier molecular flexibility index (Phi) is 3.48. The molecule has 78 valence electrons. The summed E-state index contributed by atoms with van der Waals surface area (Å²) in [4.78, 5) is 0. The maximum atomic E-state index is 5.99. The molecule has 0 saturated carbocycles. The largest absolute Gasteiger partial charge is 0.491 e. The molecule has 1 heterocycles. The zero-order valence-corrected chi connectivity index (χ0v) is 9.07. The standard InChI is InChI=1S/C9H11ClN2O.ClH/c10-5-1-2-7(12)9-8(5)6(11)3-4-13-9;/h1-2,6H,3-4,11-12H2;1H/t6-;/m0./s1. The maximum Gasteiger partial charge on any atom is 0.148 e. The number of nitrogen functional groups attached to an aromatic ring is 1. The molecule has 0 spiro atoms. The summed E-state index contributed by atoms with van der Waals surface area (Å²) in [6.45, 7) is 0.610. The van der Waals surface area contributed by atoms with E-state index in [1.807, 2.05) is 0 Å². The Bertz CT molecular complexity index is 344. The van der Waals surface area contributed by atoms with Crippen molar-refractivity contribution in [3.05, 3.63) is 22.7 Å². The van der Waals surface area contributed by atoms with E-state index in [0.717, 1.165) is 12.0 Å². The van der Waals surface area contributed by atoms with Gasteiger partial charge in [-0.15, -0.1) is 12.4 Å². The van der Waals surface area contributed by atoms with Crippen molar-refractivity contribution >= 4 is 29.7 Å². The first-order chi connectivity index (χ1) is 6.20. The fraction of sp³-hybridized carbons (Fsp3) is 0.333. The van der Waals surface area contributed by atoms with Gasteiger partial charge in [-0.1, -0.05) is 11.6 Å². The molecule has 1 aliphatic rings. The van der Waals surface area contributed by atoms with Crippen LogP contribution in [0.4, 0.5) is 5.69 Å². The predicted molar refractivity (Wildman–Crippen MR) is 60.2 cm³/mol. The summed E-state index contributed by atoms with van der Waals surface area (Å²) < 4.78 is 5.42. The Morgan fingerprint density at radius 1 is 1.43 bits per heavy atom. The van der Waals surface area contributed by atoms with Crippen molar-refractivity contribution in [3.8, 4) is 5.75 Å². The molecular weight excluding hydrogens is 223 g/mol. The molecule has 0 unspecified atom stereocenters. The first kappa shape index (κ1) is 11.4. The lowest BCUT2D eigenvalue weighted by Crippen LogP contribution is -2.21. The molecule has 1 aromatic rings. The molecule has 0 fully saturated rings. The number of ether oxygens (including phenoxy) is 1. The third-order valence-electron chi connectivity index (χ3n) is 2.22. The molecule has 0 amide bonds. The van der Waals surface area contributed by atoms with Crippen LogP contribution in [-0.2, 0) is 0 Å². The number of fused-ring (bicyclic) bond motifs is 1. The normalized spacial score (nSPS) is 19.1. The van der Waals surface area contributed by atoms with Crippen molar-refractivity contribution in [3.63, 3.8) is 0 Å². The van der Waals surface area contributed by atoms with Crippen LogP contribution in [0.5, 0.6) is 5.75 Å². The van der Waals surface area contributed by atoms with Gasteiger partial charge < -0.3 is 16.2 Å². The van der Waals surface area contributed by atoms with Gasteiger partial charge in [-0.25, -0.2) is 0 Å². The molecule has 0 saturated heterocycles. The van der Waals surface area contributed by atoms with Gasteiger partial charge in [0.2, 0.25) is 0 Å². The molecule has 1 atom stereocenters. The number of halogens is 2. The van der Waals surface area contributed by atoms with Crippen LogP contribution in [-0.4, -0.2) is 6.61 Å². The average Bonchev–Trinajstić information content (AvgIpc) is 2.12. The Hall–Kier alpha value is -0.640. The van der Waals surface area contributed by atoms with Gasteiger partial charge in [-0.2, -0.15) is 0 Å². The monoisotopic (exact) mass is 234 g/mol. The van der Waals surface area contributed by atoms with Gasteiger partial charge in [0.05, 0.1) is 12.3 Å². The Labute approximate surface area is 93.8 Å². The van der Waals surface area contributed by atoms with Crippen molar-refractivity contribution in [1.29, 1.82) is 0 Å². The van der Waals surface area contributed by atoms with Gasteiger partial charge in [-0.05, 0) is 12.1 Å². The van der Waals surface area contributed by atoms with E-state index in [0.29, 0.717) is 23.1 Å². The van der Waals surface area contributed by atoms with Crippen molar-refractivity contribution in [1.82, 2.24) is 0 Å². The number of rotatable bonds is 0. The number of hydrogen-bond acceptors (Lipinski definition) is 3. The van der Waals surface area contributed by atoms with Crippen molar-refractivity contribution < 1.29 is 4.74 Å². The number of anilines is 1. The second-order valence-electron chi connectivity index (χ2n) is 3.12. The Morgan fingerprint density at radius 2 is 2.14 bits per heavy atom. The number of benzene rings is 1. The molecule has 5 heteroatoms. The minimum absolute atomic E-state index is 0. The summed E-state index contributed by atoms with van der Waals surface area (Å²) in [5, 5.41) is 0.636. The number of hydrogen-bond donors (Lipinski definition) is 2. The molecule has 0 aliphatic carbocycles. The molecule has 1 aliphatic heterocycles. The SMILES string of the molecule is Cl.Nc1ccc(Cl)c2c1OCC[C@@H]2N. The van der Waals surface area contributed by atoms with Gasteiger partial charge in [-0.3, -0.25) is 0 Å². The van der Waals surface area contributed by atoms with Gasteiger partial charge in [0.1, 0.15) is 5.75 Å². The second-order valence-corrected chi connectivity index (χ2v) is 3.53. The lowest BCUT2D eigenvalue weighted by molar-refractivity contribution is 0.270. The van der Waals surface area contributed by atoms with E-state index in [9.17, 15) is 0 Å². The van der Waals surface area contributed by atoms with E-state index in [4.69, 9.17) is 27.8 Å². The molecule has 1 aromatic carbocycles. The molecule has 4 N–H and O–H groups in total. The zero-order valence-electron chi connectivity index (χ0n) is 7.50. The topological polar surface area (TPSA) is 61.3 Å². The summed E-state index contributed by atoms with van der Waals surface area (Å²) in [6, 6.07) is 3.43. The van der Waals surface area contributed by atoms with E-state index in [1.165, 1.54) is 0 Å². The van der Waals surface area contributed by atoms with Crippen molar-refractivity contribution in [2.24, 2.45) is 5.73 Å². The average molecular weight is 235 g/mol. The summed E-state index contributed by atoms with van der Waals surface area (Å²) >= 11 is 5.99. The van der Waals surface area contributed by atoms with Crippen LogP contribution in [0, 0.1) is 0 Å². The van der Waals surface area contributed by atoms with E-state index in [2.05, 4.69) is 0 Å². The summed E-state index contributed by atoms with van der Waals surface area (Å²) in [6.07, 6.45) is 0.788. The summed E-state index contributed by atoms with van der Waals surface area (Å²) in [5.41, 5.74) is 13.1. The quantitative estimate of drug-likeness (QED) is 0.677. The molecule has 0 aromatic heterocycles. The second kappa shape index (κ2) is 4.26. The summed E-state index contributed by atoms with van der Waals surface area (Å²) in [5.74, 6) is 0.659. The fourth-order valence-electron chi connectivity index (χ4n) is 1.53. The molecular formula is C9H12Cl2N2O. The van der Waals surface area contributed by atoms with E-state index in [-0.39, 0.29) is 18.4 Å². The van der Waals surface area contributed by atoms with Crippen LogP contribution < -0.4 is 16.2 Å². The molecule has 2 rings (SSSR count). The highest BCUT2D eigenvalue weighted by Gasteiger charge is 2.22. The van der Waals surface area contributed by atoms with E-state index < -0.39 is 0 Å². The minimum Gasteiger partial charge on any atom is -0.491 e. The Balaban J connectivity index is 0.000000980. The highest BCUT2D eigenvalue weighted by Crippen LogP contribution is 2.39. The van der Waals surface area contributed by atoms with Crippen LogP contribution in [0.3, 0.4) is 0 Å². The minimum atomic E-state index is -0.0558. The third kappa shape index (κ3) is 1.75. The highest BCUT2D eigenvalue weighted by molar-refractivity contribution is 6.31. The first-order valence-corrected chi connectivity index (χ1v) is 4.54. The van der Waals surface area contributed by atoms with Gasteiger partial charge in [0, 0.05) is 23.0 Å². The maximum absolute atomic E-state index is 5.99. The van der Waals surface area contributed by atoms with Crippen LogP contribution >= 0.6 is 24.0 Å². The molecule has 14 heavy (non-hydrogen) atoms. The lowest BCUT2D eigenvalue weighted by Gasteiger charge is -2.24. The fourth-order valence-corrected chi connectivity index (χ4v) is 1.82. The zero-order chi connectivity index (χ0) is 9.42. The smallest absolute Gasteiger partial charge is 0.148 e. The van der Waals surface area contributed by atoms with Crippen molar-refractivity contribution in [2.75, 3.05) is 12.3 Å². The summed E-state index contributed by atoms with van der Waals surface area (Å²) in [7, 11) is 0. The van der Waals surface area contributed by atoms with E-state index >= 15 is 0 Å². The van der Waals surface area contributed by atoms with Crippen LogP contribution in [0.25, 0.3) is 0 Å². The van der Waals surface area contributed by atoms with Crippen molar-refractivity contribution in [2.45, 2.75) is 12.5 Å². The van der Waals surface area contributed by atoms with E-state index in [1.54, 1.807) is 12.1 Å². The van der Waals surface area contributed by atoms with Gasteiger partial charge in [0.15, 0.2) is 0 Å². The third-order valence-corrected chi connectivity index (χ3v) is 2.55. The predicted octanol–water partition coefficient (Wildman–Crippen LogP) is 2.13. The lowest BCUT2D eigenvalue weighted by atomic mass is 10.0. The first-order valence-electron chi connectivity index (χ1n) is 4.16. The molecule has 0 bridgehead atoms. The van der Waals surface area contributed by atoms with Gasteiger partial charge in [0.25, 0.3) is 0 Å². The molecule has 3 nitrogen and oxygen atoms in total. The molecule has 0 radical (unpaired) electrons. The Morgan fingerprint density at radius 3 is 2.79 bits per heavy atom. The van der Waals surface area contributed by atoms with Gasteiger partial charge >= 0.3 is 0 Å².